The van der Waals surface area contributed by atoms with Gasteiger partial charge in [-0.3, -0.25) is 0 Å². The standard InChI is InChI=1S/C25H32FNO3/c1-29-24-22(3-2-4-23(24)26)15-30-14-17-5-6-19-12-20(8-7-18(19)11-17)21-9-10-25(27,13-21)16-28/h2-4,7-8,12,17,21,28H,5-6,9-11,13-16,27H2,1H3/t17-,21+,25-/m1/s1. The van der Waals surface area contributed by atoms with Crippen LogP contribution in [0.5, 0.6) is 5.75 Å². The number of fused-ring (bicyclic) bond motifs is 1. The average molecular weight is 414 g/mol. The molecular weight excluding hydrogens is 381 g/mol. The zero-order chi connectivity index (χ0) is 21.1. The van der Waals surface area contributed by atoms with Gasteiger partial charge in [0.25, 0.3) is 0 Å². The maximum atomic E-state index is 13.8. The molecule has 0 unspecified atom stereocenters. The van der Waals surface area contributed by atoms with Crippen molar-refractivity contribution in [1.82, 2.24) is 0 Å². The van der Waals surface area contributed by atoms with Gasteiger partial charge in [-0.1, -0.05) is 30.3 Å². The normalized spacial score (nSPS) is 25.9. The van der Waals surface area contributed by atoms with Gasteiger partial charge in [0.1, 0.15) is 0 Å². The second-order valence-corrected chi connectivity index (χ2v) is 9.04. The van der Waals surface area contributed by atoms with Crippen LogP contribution >= 0.6 is 0 Å². The lowest BCUT2D eigenvalue weighted by Gasteiger charge is -2.26. The smallest absolute Gasteiger partial charge is 0.165 e. The zero-order valence-electron chi connectivity index (χ0n) is 17.7. The summed E-state index contributed by atoms with van der Waals surface area (Å²) in [6.45, 7) is 1.09. The molecule has 5 heteroatoms. The highest BCUT2D eigenvalue weighted by Gasteiger charge is 2.36. The number of rotatable bonds is 7. The zero-order valence-corrected chi connectivity index (χ0v) is 17.7. The van der Waals surface area contributed by atoms with Crippen molar-refractivity contribution in [2.45, 2.75) is 56.6 Å². The minimum absolute atomic E-state index is 0.0671. The summed E-state index contributed by atoms with van der Waals surface area (Å²) in [5, 5.41) is 9.54. The molecule has 0 spiro atoms. The minimum atomic E-state index is -0.409. The van der Waals surface area contributed by atoms with E-state index in [2.05, 4.69) is 18.2 Å². The van der Waals surface area contributed by atoms with Crippen LogP contribution in [0.15, 0.2) is 36.4 Å². The lowest BCUT2D eigenvalue weighted by atomic mass is 9.82. The molecular formula is C25H32FNO3. The van der Waals surface area contributed by atoms with Gasteiger partial charge < -0.3 is 20.3 Å². The Balaban J connectivity index is 1.33. The third kappa shape index (κ3) is 4.53. The van der Waals surface area contributed by atoms with Crippen LogP contribution in [-0.2, 0) is 24.2 Å². The first-order chi connectivity index (χ1) is 14.5. The van der Waals surface area contributed by atoms with Gasteiger partial charge in [-0.15, -0.1) is 0 Å². The molecule has 0 aliphatic heterocycles. The van der Waals surface area contributed by atoms with E-state index in [9.17, 15) is 9.50 Å². The number of ether oxygens (including phenoxy) is 2. The number of benzene rings is 2. The van der Waals surface area contributed by atoms with Crippen molar-refractivity contribution in [3.63, 3.8) is 0 Å². The molecule has 0 amide bonds. The number of methoxy groups -OCH3 is 1. The van der Waals surface area contributed by atoms with Crippen LogP contribution < -0.4 is 10.5 Å². The Hall–Kier alpha value is -1.95. The van der Waals surface area contributed by atoms with E-state index in [1.807, 2.05) is 6.07 Å². The summed E-state index contributed by atoms with van der Waals surface area (Å²) in [5.41, 5.74) is 10.8. The third-order valence-electron chi connectivity index (χ3n) is 6.85. The SMILES string of the molecule is COc1c(F)cccc1COC[C@@H]1CCc2cc([C@H]3CC[C@](N)(CO)C3)ccc2C1. The summed E-state index contributed by atoms with van der Waals surface area (Å²) < 4.78 is 24.9. The topological polar surface area (TPSA) is 64.7 Å². The summed E-state index contributed by atoms with van der Waals surface area (Å²) in [4.78, 5) is 0. The summed E-state index contributed by atoms with van der Waals surface area (Å²) in [7, 11) is 1.48. The maximum Gasteiger partial charge on any atom is 0.165 e. The monoisotopic (exact) mass is 413 g/mol. The van der Waals surface area contributed by atoms with Gasteiger partial charge in [-0.05, 0) is 73.1 Å². The summed E-state index contributed by atoms with van der Waals surface area (Å²) in [5.74, 6) is 0.845. The number of aliphatic hydroxyl groups excluding tert-OH is 1. The van der Waals surface area contributed by atoms with Crippen molar-refractivity contribution in [1.29, 1.82) is 0 Å². The second kappa shape index (κ2) is 9.04. The fourth-order valence-corrected chi connectivity index (χ4v) is 5.06. The first-order valence-electron chi connectivity index (χ1n) is 10.9. The Labute approximate surface area is 178 Å². The number of para-hydroxylation sites is 1. The molecule has 2 aliphatic rings. The molecule has 30 heavy (non-hydrogen) atoms. The van der Waals surface area contributed by atoms with Crippen LogP contribution in [0.3, 0.4) is 0 Å². The Kier molecular flexibility index (Phi) is 6.42. The van der Waals surface area contributed by atoms with Gasteiger partial charge in [-0.25, -0.2) is 4.39 Å². The van der Waals surface area contributed by atoms with Gasteiger partial charge in [0.05, 0.1) is 26.9 Å². The van der Waals surface area contributed by atoms with Gasteiger partial charge >= 0.3 is 0 Å². The van der Waals surface area contributed by atoms with Gasteiger partial charge in [0.2, 0.25) is 0 Å². The molecule has 2 aromatic rings. The van der Waals surface area contributed by atoms with Gasteiger partial charge in [0, 0.05) is 11.1 Å². The summed E-state index contributed by atoms with van der Waals surface area (Å²) in [6, 6.07) is 11.8. The predicted octanol–water partition coefficient (Wildman–Crippen LogP) is 4.11. The molecule has 0 bridgehead atoms. The molecule has 0 aromatic heterocycles. The van der Waals surface area contributed by atoms with Crippen molar-refractivity contribution in [2.75, 3.05) is 20.3 Å². The Morgan fingerprint density at radius 1 is 1.20 bits per heavy atom. The first-order valence-corrected chi connectivity index (χ1v) is 10.9. The highest BCUT2D eigenvalue weighted by molar-refractivity contribution is 5.37. The molecule has 162 valence electrons. The molecule has 1 saturated carbocycles. The van der Waals surface area contributed by atoms with Crippen molar-refractivity contribution >= 4 is 0 Å². The average Bonchev–Trinajstić information content (AvgIpc) is 3.16. The minimum Gasteiger partial charge on any atom is -0.493 e. The molecule has 3 atom stereocenters. The quantitative estimate of drug-likeness (QED) is 0.717. The van der Waals surface area contributed by atoms with E-state index < -0.39 is 5.54 Å². The van der Waals surface area contributed by atoms with Crippen molar-refractivity contribution in [2.24, 2.45) is 11.7 Å². The lowest BCUT2D eigenvalue weighted by molar-refractivity contribution is 0.0807. The number of nitrogens with two attached hydrogens (primary N) is 1. The molecule has 3 N–H and O–H groups in total. The fraction of sp³-hybridized carbons (Fsp3) is 0.520. The van der Waals surface area contributed by atoms with E-state index in [4.69, 9.17) is 15.2 Å². The first kappa shape index (κ1) is 21.3. The van der Waals surface area contributed by atoms with E-state index >= 15 is 0 Å². The van der Waals surface area contributed by atoms with Crippen LogP contribution in [0, 0.1) is 11.7 Å². The molecule has 4 nitrogen and oxygen atoms in total. The van der Waals surface area contributed by atoms with Gasteiger partial charge in [-0.2, -0.15) is 0 Å². The molecule has 0 heterocycles. The molecule has 1 fully saturated rings. The van der Waals surface area contributed by atoms with Gasteiger partial charge in [0.15, 0.2) is 11.6 Å². The number of halogens is 1. The van der Waals surface area contributed by atoms with E-state index in [0.717, 1.165) is 44.1 Å². The van der Waals surface area contributed by atoms with E-state index in [1.165, 1.54) is 29.9 Å². The van der Waals surface area contributed by atoms with E-state index in [0.29, 0.717) is 25.0 Å². The van der Waals surface area contributed by atoms with Crippen LogP contribution in [0.2, 0.25) is 0 Å². The molecule has 4 rings (SSSR count). The Morgan fingerprint density at radius 2 is 2.07 bits per heavy atom. The second-order valence-electron chi connectivity index (χ2n) is 9.04. The Bertz CT molecular complexity index is 887. The number of aryl methyl sites for hydroxylation is 1. The van der Waals surface area contributed by atoms with E-state index in [1.54, 1.807) is 6.07 Å². The van der Waals surface area contributed by atoms with E-state index in [-0.39, 0.29) is 18.2 Å². The molecule has 0 radical (unpaired) electrons. The molecule has 0 saturated heterocycles. The van der Waals surface area contributed by atoms with Crippen LogP contribution in [0.4, 0.5) is 4.39 Å². The number of aliphatic hydroxyl groups is 1. The highest BCUT2D eigenvalue weighted by atomic mass is 19.1. The highest BCUT2D eigenvalue weighted by Crippen LogP contribution is 2.40. The molecule has 2 aliphatic carbocycles. The number of hydrogen-bond donors (Lipinski definition) is 2. The largest absolute Gasteiger partial charge is 0.493 e. The van der Waals surface area contributed by atoms with Crippen LogP contribution in [-0.4, -0.2) is 31.0 Å². The maximum absolute atomic E-state index is 13.8. The van der Waals surface area contributed by atoms with Crippen LogP contribution in [0.1, 0.15) is 53.9 Å². The lowest BCUT2D eigenvalue weighted by Crippen LogP contribution is -2.40. The Morgan fingerprint density at radius 3 is 2.83 bits per heavy atom. The molecule has 2 aromatic carbocycles. The van der Waals surface area contributed by atoms with Crippen molar-refractivity contribution in [3.8, 4) is 5.75 Å². The number of hydrogen-bond acceptors (Lipinski definition) is 4. The summed E-state index contributed by atoms with van der Waals surface area (Å²) >= 11 is 0. The predicted molar refractivity (Wildman–Crippen MR) is 115 cm³/mol. The van der Waals surface area contributed by atoms with Crippen molar-refractivity contribution in [3.05, 3.63) is 64.5 Å². The fourth-order valence-electron chi connectivity index (χ4n) is 5.06. The van der Waals surface area contributed by atoms with Crippen molar-refractivity contribution < 1.29 is 19.0 Å². The third-order valence-corrected chi connectivity index (χ3v) is 6.85. The summed E-state index contributed by atoms with van der Waals surface area (Å²) in [6.07, 6.45) is 5.97. The van der Waals surface area contributed by atoms with Crippen LogP contribution in [0.25, 0.3) is 0 Å².